The molecule has 0 bridgehead atoms. The van der Waals surface area contributed by atoms with E-state index < -0.39 is 32.9 Å². The van der Waals surface area contributed by atoms with Gasteiger partial charge in [-0.05, 0) is 164 Å². The van der Waals surface area contributed by atoms with E-state index in [1.807, 2.05) is 0 Å². The van der Waals surface area contributed by atoms with E-state index in [0.717, 1.165) is 69.8 Å². The average Bonchev–Trinajstić information content (AvgIpc) is 3.49. The maximum Gasteiger partial charge on any atom is 0.516 e. The predicted molar refractivity (Wildman–Crippen MR) is 222 cm³/mol. The van der Waals surface area contributed by atoms with E-state index in [9.17, 15) is 41.4 Å². The standard InChI is InChI=1S/C47H63F3N2O6S/c1-29(2)32-15-20-46(51-23-24-52(31-11-9-8-10-12-31)59(57,58)47(48,49)50)22-21-42(6)34(37(32)46)13-14-36-41(5)18-16-33(40(3,4)35(41)17-19-43(36,42)7)30-25-44(26-30)27-45(28-44,38(53)54)39(55)56/h8-12,16,25,32,34-37,51H,1,13-15,17-24,26-28H2,2-7H3,(H,53,54)(H,55,56)/t32-,34+,35-,36+,37+,41-,42+,43+,46-/m0/s1. The van der Waals surface area contributed by atoms with Crippen molar-refractivity contribution < 1.29 is 41.4 Å². The second kappa shape index (κ2) is 13.4. The second-order valence-electron chi connectivity index (χ2n) is 21.4. The topological polar surface area (TPSA) is 124 Å². The number of aliphatic carboxylic acids is 2. The lowest BCUT2D eigenvalue weighted by molar-refractivity contribution is -0.221. The van der Waals surface area contributed by atoms with Crippen LogP contribution < -0.4 is 9.62 Å². The van der Waals surface area contributed by atoms with Gasteiger partial charge in [-0.15, -0.1) is 0 Å². The summed E-state index contributed by atoms with van der Waals surface area (Å²) in [6.07, 6.45) is 14.8. The maximum atomic E-state index is 14.0. The molecule has 0 unspecified atom stereocenters. The van der Waals surface area contributed by atoms with Gasteiger partial charge in [0.05, 0.1) is 5.69 Å². The van der Waals surface area contributed by atoms with Crippen molar-refractivity contribution in [1.82, 2.24) is 5.32 Å². The van der Waals surface area contributed by atoms with E-state index in [4.69, 9.17) is 0 Å². The van der Waals surface area contributed by atoms with Gasteiger partial charge in [0, 0.05) is 18.6 Å². The average molecular weight is 841 g/mol. The van der Waals surface area contributed by atoms with Gasteiger partial charge in [-0.25, -0.2) is 0 Å². The third kappa shape index (κ3) is 5.86. The van der Waals surface area contributed by atoms with Crippen LogP contribution in [0.25, 0.3) is 0 Å². The summed E-state index contributed by atoms with van der Waals surface area (Å²) in [5.41, 5.74) is -3.95. The highest BCUT2D eigenvalue weighted by molar-refractivity contribution is 7.93. The van der Waals surface area contributed by atoms with E-state index >= 15 is 0 Å². The minimum absolute atomic E-state index is 0.000515. The zero-order chi connectivity index (χ0) is 43.0. The molecule has 1 spiro atoms. The minimum Gasteiger partial charge on any atom is -0.480 e. The van der Waals surface area contributed by atoms with Gasteiger partial charge in [-0.3, -0.25) is 13.9 Å². The van der Waals surface area contributed by atoms with Crippen molar-refractivity contribution in [1.29, 1.82) is 0 Å². The Hall–Kier alpha value is -3.12. The molecule has 12 heteroatoms. The summed E-state index contributed by atoms with van der Waals surface area (Å²) >= 11 is 0. The number of rotatable bonds is 10. The monoisotopic (exact) mass is 840 g/mol. The Morgan fingerprint density at radius 1 is 0.898 bits per heavy atom. The highest BCUT2D eigenvalue weighted by Crippen LogP contribution is 2.77. The predicted octanol–water partition coefficient (Wildman–Crippen LogP) is 10.1. The molecule has 0 aromatic heterocycles. The van der Waals surface area contributed by atoms with Crippen molar-refractivity contribution in [3.8, 4) is 0 Å². The largest absolute Gasteiger partial charge is 0.516 e. The first-order chi connectivity index (χ1) is 27.3. The zero-order valence-electron chi connectivity index (χ0n) is 35.6. The SMILES string of the molecule is C=C(C)[C@@H]1CC[C@]2(NCCN(c3ccccc3)S(=O)(=O)C(F)(F)F)CC[C@]3(C)[C@H](CC[C@@H]4[C@@]5(C)CC=C(C6=CC7(C6)CC(C(=O)O)(C(=O)O)C7)C(C)(C)[C@@H]5CC[C@]43C)[C@@H]12. The number of sulfonamides is 1. The number of carbonyl (C=O) groups is 2. The molecule has 3 N–H and O–H groups in total. The van der Waals surface area contributed by atoms with Crippen molar-refractivity contribution >= 4 is 27.6 Å². The van der Waals surface area contributed by atoms with Crippen LogP contribution in [0.1, 0.15) is 119 Å². The highest BCUT2D eigenvalue weighted by Gasteiger charge is 2.71. The first kappa shape index (κ1) is 42.6. The summed E-state index contributed by atoms with van der Waals surface area (Å²) in [7, 11) is -5.60. The van der Waals surface area contributed by atoms with E-state index in [1.54, 1.807) is 18.2 Å². The van der Waals surface area contributed by atoms with Gasteiger partial charge in [0.2, 0.25) is 0 Å². The molecule has 5 saturated carbocycles. The van der Waals surface area contributed by atoms with Crippen LogP contribution in [-0.2, 0) is 19.6 Å². The molecular weight excluding hydrogens is 778 g/mol. The van der Waals surface area contributed by atoms with Crippen LogP contribution in [0.4, 0.5) is 18.9 Å². The molecule has 5 fully saturated rings. The number of hydrogen-bond donors (Lipinski definition) is 3. The first-order valence-corrected chi connectivity index (χ1v) is 23.2. The Bertz CT molecular complexity index is 2090. The number of para-hydroxylation sites is 1. The number of benzene rings is 1. The van der Waals surface area contributed by atoms with Crippen LogP contribution >= 0.6 is 0 Å². The van der Waals surface area contributed by atoms with Crippen molar-refractivity contribution in [2.24, 2.45) is 62.1 Å². The van der Waals surface area contributed by atoms with Crippen LogP contribution in [0, 0.1) is 62.1 Å². The molecule has 324 valence electrons. The number of anilines is 1. The van der Waals surface area contributed by atoms with Crippen LogP contribution in [0.5, 0.6) is 0 Å². The summed E-state index contributed by atoms with van der Waals surface area (Å²) in [6, 6.07) is 7.57. The Morgan fingerprint density at radius 2 is 1.54 bits per heavy atom. The maximum absolute atomic E-state index is 14.0. The lowest BCUT2D eigenvalue weighted by Crippen LogP contribution is -2.68. The van der Waals surface area contributed by atoms with Gasteiger partial charge in [-0.1, -0.05) is 77.1 Å². The van der Waals surface area contributed by atoms with E-state index in [1.165, 1.54) is 23.3 Å². The Balaban J connectivity index is 1.04. The summed E-state index contributed by atoms with van der Waals surface area (Å²) in [5, 5.41) is 23.2. The third-order valence-corrected chi connectivity index (χ3v) is 20.1. The minimum atomic E-state index is -5.60. The van der Waals surface area contributed by atoms with Gasteiger partial charge in [0.15, 0.2) is 5.41 Å². The molecule has 8 rings (SSSR count). The fourth-order valence-corrected chi connectivity index (χ4v) is 16.8. The second-order valence-corrected chi connectivity index (χ2v) is 23.3. The number of hydrogen-bond acceptors (Lipinski definition) is 5. The highest BCUT2D eigenvalue weighted by atomic mass is 32.2. The summed E-state index contributed by atoms with van der Waals surface area (Å²) in [5.74, 6) is -0.652. The number of nitrogens with zero attached hydrogens (tertiary/aromatic N) is 1. The molecule has 0 aliphatic heterocycles. The van der Waals surface area contributed by atoms with Crippen molar-refractivity contribution in [2.45, 2.75) is 130 Å². The first-order valence-electron chi connectivity index (χ1n) is 21.8. The molecule has 0 heterocycles. The Kier molecular flexibility index (Phi) is 9.70. The molecule has 7 aliphatic carbocycles. The lowest BCUT2D eigenvalue weighted by atomic mass is 9.32. The van der Waals surface area contributed by atoms with Gasteiger partial charge in [0.25, 0.3) is 0 Å². The summed E-state index contributed by atoms with van der Waals surface area (Å²) < 4.78 is 68.1. The normalized spacial score (nSPS) is 38.8. The molecule has 59 heavy (non-hydrogen) atoms. The van der Waals surface area contributed by atoms with Crippen LogP contribution in [0.3, 0.4) is 0 Å². The molecule has 7 aliphatic rings. The lowest BCUT2D eigenvalue weighted by Gasteiger charge is -2.72. The van der Waals surface area contributed by atoms with Gasteiger partial charge in [-0.2, -0.15) is 21.6 Å². The van der Waals surface area contributed by atoms with Crippen molar-refractivity contribution in [3.63, 3.8) is 0 Å². The number of alkyl halides is 3. The van der Waals surface area contributed by atoms with Crippen molar-refractivity contribution in [2.75, 3.05) is 17.4 Å². The van der Waals surface area contributed by atoms with E-state index in [0.29, 0.717) is 22.1 Å². The quantitative estimate of drug-likeness (QED) is 0.158. The van der Waals surface area contributed by atoms with Crippen molar-refractivity contribution in [3.05, 3.63) is 65.8 Å². The van der Waals surface area contributed by atoms with Gasteiger partial charge >= 0.3 is 27.5 Å². The fourth-order valence-electron chi connectivity index (χ4n) is 15.8. The van der Waals surface area contributed by atoms with E-state index in [2.05, 4.69) is 65.6 Å². The fraction of sp³-hybridized carbons (Fsp3) is 0.702. The van der Waals surface area contributed by atoms with Crippen LogP contribution in [0.2, 0.25) is 0 Å². The van der Waals surface area contributed by atoms with Gasteiger partial charge in [0.1, 0.15) is 0 Å². The summed E-state index contributed by atoms with van der Waals surface area (Å²) in [6.45, 7) is 18.8. The summed E-state index contributed by atoms with van der Waals surface area (Å²) in [4.78, 5) is 23.8. The molecule has 1 aromatic carbocycles. The Morgan fingerprint density at radius 3 is 2.14 bits per heavy atom. The molecule has 0 amide bonds. The van der Waals surface area contributed by atoms with E-state index in [-0.39, 0.29) is 76.1 Å². The Labute approximate surface area is 348 Å². The molecule has 0 saturated heterocycles. The molecular formula is C47H63F3N2O6S. The van der Waals surface area contributed by atoms with Crippen LogP contribution in [-0.4, -0.2) is 54.7 Å². The smallest absolute Gasteiger partial charge is 0.480 e. The zero-order valence-corrected chi connectivity index (χ0v) is 36.4. The number of fused-ring (bicyclic) bond motifs is 7. The molecule has 1 aromatic rings. The molecule has 8 nitrogen and oxygen atoms in total. The molecule has 9 atom stereocenters. The van der Waals surface area contributed by atoms with Crippen LogP contribution in [0.15, 0.2) is 65.8 Å². The number of carboxylic acid groups (broad SMARTS) is 2. The number of nitrogens with one attached hydrogen (secondary N) is 1. The number of carboxylic acids is 2. The molecule has 0 radical (unpaired) electrons. The third-order valence-electron chi connectivity index (χ3n) is 18.6. The number of allylic oxidation sites excluding steroid dienone is 5. The number of halogens is 3. The van der Waals surface area contributed by atoms with Gasteiger partial charge < -0.3 is 15.5 Å².